The van der Waals surface area contributed by atoms with Gasteiger partial charge in [-0.1, -0.05) is 0 Å². The monoisotopic (exact) mass is 314 g/mol. The lowest BCUT2D eigenvalue weighted by Gasteiger charge is -2.32. The van der Waals surface area contributed by atoms with Gasteiger partial charge < -0.3 is 9.73 Å². The lowest BCUT2D eigenvalue weighted by molar-refractivity contribution is 0.0927. The molecule has 2 aromatic rings. The molecule has 1 N–H and O–H groups in total. The molecule has 3 heterocycles. The van der Waals surface area contributed by atoms with E-state index in [1.165, 1.54) is 12.4 Å². The van der Waals surface area contributed by atoms with E-state index in [0.29, 0.717) is 18.0 Å². The van der Waals surface area contributed by atoms with Crippen molar-refractivity contribution in [2.24, 2.45) is 5.92 Å². The van der Waals surface area contributed by atoms with E-state index in [0.717, 1.165) is 44.0 Å². The third-order valence-corrected chi connectivity index (χ3v) is 4.18. The van der Waals surface area contributed by atoms with Gasteiger partial charge in [0.15, 0.2) is 0 Å². The van der Waals surface area contributed by atoms with E-state index in [1.54, 1.807) is 6.07 Å². The lowest BCUT2D eigenvalue weighted by Crippen LogP contribution is -2.40. The molecule has 122 valence electrons. The van der Waals surface area contributed by atoms with Crippen molar-refractivity contribution in [3.05, 3.63) is 47.7 Å². The molecule has 0 bridgehead atoms. The molecular weight excluding hydrogens is 292 g/mol. The Balaban J connectivity index is 1.48. The fraction of sp³-hybridized carbons (Fsp3) is 0.471. The second-order valence-electron chi connectivity index (χ2n) is 6.10. The Labute approximate surface area is 135 Å². The maximum absolute atomic E-state index is 12.1. The molecule has 1 aliphatic heterocycles. The average molecular weight is 314 g/mol. The summed E-state index contributed by atoms with van der Waals surface area (Å²) in [6.07, 6.45) is 5.31. The Morgan fingerprint density at radius 1 is 1.39 bits per heavy atom. The normalized spacial score (nSPS) is 18.7. The largest absolute Gasteiger partial charge is 0.465 e. The molecule has 0 spiro atoms. The molecule has 0 saturated carbocycles. The number of likely N-dealkylation sites (tertiary alicyclic amines) is 1. The number of amides is 1. The summed E-state index contributed by atoms with van der Waals surface area (Å²) in [5.41, 5.74) is 0.554. The van der Waals surface area contributed by atoms with Crippen LogP contribution in [0.3, 0.4) is 0 Å². The van der Waals surface area contributed by atoms with Gasteiger partial charge in [0.05, 0.1) is 24.5 Å². The minimum Gasteiger partial charge on any atom is -0.465 e. The van der Waals surface area contributed by atoms with Crippen molar-refractivity contribution in [3.63, 3.8) is 0 Å². The number of piperidine rings is 1. The van der Waals surface area contributed by atoms with Gasteiger partial charge in [-0.15, -0.1) is 0 Å². The molecule has 0 radical (unpaired) electrons. The highest BCUT2D eigenvalue weighted by molar-refractivity contribution is 5.93. The van der Waals surface area contributed by atoms with E-state index < -0.39 is 0 Å². The number of carbonyl (C=O) groups is 1. The van der Waals surface area contributed by atoms with Gasteiger partial charge in [-0.25, -0.2) is 0 Å². The van der Waals surface area contributed by atoms with E-state index in [2.05, 4.69) is 20.4 Å². The van der Waals surface area contributed by atoms with Crippen LogP contribution in [0.25, 0.3) is 0 Å². The van der Waals surface area contributed by atoms with Crippen molar-refractivity contribution in [1.82, 2.24) is 20.4 Å². The van der Waals surface area contributed by atoms with Crippen LogP contribution in [0.1, 0.15) is 34.7 Å². The van der Waals surface area contributed by atoms with Gasteiger partial charge in [0.2, 0.25) is 0 Å². The van der Waals surface area contributed by atoms with Gasteiger partial charge in [-0.05, 0) is 50.4 Å². The third kappa shape index (κ3) is 4.39. The third-order valence-electron chi connectivity index (χ3n) is 4.18. The molecule has 0 aliphatic carbocycles. The average Bonchev–Trinajstić information content (AvgIpc) is 2.99. The Kier molecular flexibility index (Phi) is 5.02. The molecule has 6 nitrogen and oxygen atoms in total. The predicted molar refractivity (Wildman–Crippen MR) is 85.8 cm³/mol. The van der Waals surface area contributed by atoms with E-state index >= 15 is 0 Å². The summed E-state index contributed by atoms with van der Waals surface area (Å²) in [7, 11) is 0. The SMILES string of the molecule is Cc1ccc(CN2CCCC(CNC(=O)c3ccnnc3)C2)o1. The van der Waals surface area contributed by atoms with Gasteiger partial charge in [-0.2, -0.15) is 10.2 Å². The van der Waals surface area contributed by atoms with Crippen molar-refractivity contribution in [3.8, 4) is 0 Å². The molecule has 1 aliphatic rings. The first-order chi connectivity index (χ1) is 11.2. The van der Waals surface area contributed by atoms with Crippen molar-refractivity contribution in [2.75, 3.05) is 19.6 Å². The molecule has 23 heavy (non-hydrogen) atoms. The molecule has 1 fully saturated rings. The number of aromatic nitrogens is 2. The first-order valence-electron chi connectivity index (χ1n) is 8.03. The Morgan fingerprint density at radius 3 is 3.04 bits per heavy atom. The Hall–Kier alpha value is -2.21. The fourth-order valence-corrected chi connectivity index (χ4v) is 3.02. The maximum Gasteiger partial charge on any atom is 0.252 e. The highest BCUT2D eigenvalue weighted by atomic mass is 16.3. The molecule has 6 heteroatoms. The summed E-state index contributed by atoms with van der Waals surface area (Å²) < 4.78 is 5.65. The van der Waals surface area contributed by atoms with Gasteiger partial charge in [0.1, 0.15) is 11.5 Å². The highest BCUT2D eigenvalue weighted by Crippen LogP contribution is 2.19. The van der Waals surface area contributed by atoms with Crippen LogP contribution < -0.4 is 5.32 Å². The standard InChI is InChI=1S/C17H22N4O2/c1-13-4-5-16(23-13)12-21-8-2-3-14(11-21)9-18-17(22)15-6-7-19-20-10-15/h4-7,10,14H,2-3,8-9,11-12H2,1H3,(H,18,22). The van der Waals surface area contributed by atoms with Crippen LogP contribution in [0.15, 0.2) is 35.0 Å². The van der Waals surface area contributed by atoms with E-state index in [4.69, 9.17) is 4.42 Å². The topological polar surface area (TPSA) is 71.3 Å². The van der Waals surface area contributed by atoms with E-state index in [-0.39, 0.29) is 5.91 Å². The maximum atomic E-state index is 12.1. The summed E-state index contributed by atoms with van der Waals surface area (Å²) in [6.45, 7) is 5.56. The Bertz CT molecular complexity index is 641. The van der Waals surface area contributed by atoms with E-state index in [9.17, 15) is 4.79 Å². The number of hydrogen-bond acceptors (Lipinski definition) is 5. The van der Waals surface area contributed by atoms with Crippen molar-refractivity contribution in [1.29, 1.82) is 0 Å². The fourth-order valence-electron chi connectivity index (χ4n) is 3.02. The molecule has 0 aromatic carbocycles. The summed E-state index contributed by atoms with van der Waals surface area (Å²) in [4.78, 5) is 14.5. The molecule has 1 amide bonds. The van der Waals surface area contributed by atoms with Crippen LogP contribution in [0.2, 0.25) is 0 Å². The molecule has 3 rings (SSSR count). The van der Waals surface area contributed by atoms with Crippen LogP contribution in [0.5, 0.6) is 0 Å². The molecular formula is C17H22N4O2. The van der Waals surface area contributed by atoms with Gasteiger partial charge in [0.25, 0.3) is 5.91 Å². The number of hydrogen-bond donors (Lipinski definition) is 1. The van der Waals surface area contributed by atoms with Gasteiger partial charge >= 0.3 is 0 Å². The zero-order chi connectivity index (χ0) is 16.1. The number of aryl methyl sites for hydroxylation is 1. The second-order valence-corrected chi connectivity index (χ2v) is 6.10. The van der Waals surface area contributed by atoms with Crippen LogP contribution in [0.4, 0.5) is 0 Å². The number of carbonyl (C=O) groups excluding carboxylic acids is 1. The first-order valence-corrected chi connectivity index (χ1v) is 8.03. The van der Waals surface area contributed by atoms with Crippen LogP contribution in [0, 0.1) is 12.8 Å². The van der Waals surface area contributed by atoms with Gasteiger partial charge in [0, 0.05) is 13.1 Å². The molecule has 2 aromatic heterocycles. The zero-order valence-corrected chi connectivity index (χ0v) is 13.4. The van der Waals surface area contributed by atoms with Crippen LogP contribution in [-0.4, -0.2) is 40.6 Å². The number of rotatable bonds is 5. The highest BCUT2D eigenvalue weighted by Gasteiger charge is 2.21. The van der Waals surface area contributed by atoms with Crippen LogP contribution in [-0.2, 0) is 6.54 Å². The first kappa shape index (κ1) is 15.7. The molecule has 1 unspecified atom stereocenters. The molecule has 1 saturated heterocycles. The summed E-state index contributed by atoms with van der Waals surface area (Å²) in [5.74, 6) is 2.35. The smallest absolute Gasteiger partial charge is 0.252 e. The minimum atomic E-state index is -0.0846. The Morgan fingerprint density at radius 2 is 2.30 bits per heavy atom. The van der Waals surface area contributed by atoms with Crippen molar-refractivity contribution >= 4 is 5.91 Å². The number of nitrogens with zero attached hydrogens (tertiary/aromatic N) is 3. The molecule has 1 atom stereocenters. The second kappa shape index (κ2) is 7.37. The minimum absolute atomic E-state index is 0.0846. The summed E-state index contributed by atoms with van der Waals surface area (Å²) in [5, 5.41) is 10.4. The quantitative estimate of drug-likeness (QED) is 0.914. The van der Waals surface area contributed by atoms with Gasteiger partial charge in [-0.3, -0.25) is 9.69 Å². The van der Waals surface area contributed by atoms with Crippen molar-refractivity contribution in [2.45, 2.75) is 26.3 Å². The lowest BCUT2D eigenvalue weighted by atomic mass is 9.98. The van der Waals surface area contributed by atoms with Crippen molar-refractivity contribution < 1.29 is 9.21 Å². The number of nitrogens with one attached hydrogen (secondary N) is 1. The van der Waals surface area contributed by atoms with E-state index in [1.807, 2.05) is 19.1 Å². The zero-order valence-electron chi connectivity index (χ0n) is 13.4. The van der Waals surface area contributed by atoms with Crippen LogP contribution >= 0.6 is 0 Å². The summed E-state index contributed by atoms with van der Waals surface area (Å²) in [6, 6.07) is 5.71. The summed E-state index contributed by atoms with van der Waals surface area (Å²) >= 11 is 0. The number of furan rings is 1. The predicted octanol–water partition coefficient (Wildman–Crippen LogP) is 2.02.